The maximum absolute atomic E-state index is 12.6. The Morgan fingerprint density at radius 2 is 2.25 bits per heavy atom. The van der Waals surface area contributed by atoms with E-state index in [0.717, 1.165) is 11.1 Å². The number of nitrogens with zero attached hydrogens (tertiary/aromatic N) is 1. The van der Waals surface area contributed by atoms with Crippen LogP contribution in [0.25, 0.3) is 0 Å². The second-order valence-corrected chi connectivity index (χ2v) is 6.12. The summed E-state index contributed by atoms with van der Waals surface area (Å²) >= 11 is 0. The molecule has 2 amide bonds. The van der Waals surface area contributed by atoms with Crippen LogP contribution in [0.1, 0.15) is 30.0 Å². The van der Waals surface area contributed by atoms with Crippen LogP contribution in [-0.4, -0.2) is 55.2 Å². The van der Waals surface area contributed by atoms with E-state index in [9.17, 15) is 9.59 Å². The molecular weight excluding hydrogens is 308 g/mol. The fraction of sp³-hybridized carbons (Fsp3) is 0.556. The van der Waals surface area contributed by atoms with Crippen LogP contribution in [0.3, 0.4) is 0 Å². The SMILES string of the molecule is COCCN1C(=O)C[C@@H](C(=O)NCCCO)[C@@H]1c1cccc(C)c1. The highest BCUT2D eigenvalue weighted by Crippen LogP contribution is 2.38. The number of methoxy groups -OCH3 is 1. The average Bonchev–Trinajstić information content (AvgIpc) is 2.89. The molecule has 1 heterocycles. The van der Waals surface area contributed by atoms with Gasteiger partial charge in [-0.05, 0) is 18.9 Å². The molecule has 6 heteroatoms. The van der Waals surface area contributed by atoms with Crippen molar-refractivity contribution in [3.05, 3.63) is 35.4 Å². The molecule has 2 N–H and O–H groups in total. The molecule has 0 aromatic heterocycles. The van der Waals surface area contributed by atoms with Crippen LogP contribution in [0, 0.1) is 12.8 Å². The number of amides is 2. The molecule has 6 nitrogen and oxygen atoms in total. The van der Waals surface area contributed by atoms with Gasteiger partial charge in [0.2, 0.25) is 11.8 Å². The lowest BCUT2D eigenvalue weighted by Crippen LogP contribution is -2.37. The van der Waals surface area contributed by atoms with Crippen LogP contribution >= 0.6 is 0 Å². The zero-order valence-electron chi connectivity index (χ0n) is 14.3. The monoisotopic (exact) mass is 334 g/mol. The van der Waals surface area contributed by atoms with Gasteiger partial charge in [0.15, 0.2) is 0 Å². The Kier molecular flexibility index (Phi) is 6.75. The zero-order valence-corrected chi connectivity index (χ0v) is 14.3. The minimum Gasteiger partial charge on any atom is -0.396 e. The summed E-state index contributed by atoms with van der Waals surface area (Å²) in [7, 11) is 1.60. The Bertz CT molecular complexity index is 576. The molecule has 0 aliphatic carbocycles. The number of hydrogen-bond donors (Lipinski definition) is 2. The normalized spacial score (nSPS) is 20.5. The third kappa shape index (κ3) is 4.33. The summed E-state index contributed by atoms with van der Waals surface area (Å²) in [5, 5.41) is 11.7. The summed E-state index contributed by atoms with van der Waals surface area (Å²) < 4.78 is 5.11. The van der Waals surface area contributed by atoms with Crippen LogP contribution in [-0.2, 0) is 14.3 Å². The third-order valence-corrected chi connectivity index (χ3v) is 4.32. The van der Waals surface area contributed by atoms with E-state index in [1.165, 1.54) is 0 Å². The molecule has 132 valence electrons. The van der Waals surface area contributed by atoms with Crippen molar-refractivity contribution in [3.8, 4) is 0 Å². The van der Waals surface area contributed by atoms with Crippen molar-refractivity contribution >= 4 is 11.8 Å². The fourth-order valence-electron chi connectivity index (χ4n) is 3.17. The molecule has 0 saturated carbocycles. The highest BCUT2D eigenvalue weighted by molar-refractivity contribution is 5.90. The number of nitrogens with one attached hydrogen (secondary N) is 1. The van der Waals surface area contributed by atoms with Crippen LogP contribution in [0.15, 0.2) is 24.3 Å². The lowest BCUT2D eigenvalue weighted by molar-refractivity contribution is -0.129. The number of aliphatic hydroxyl groups is 1. The fourth-order valence-corrected chi connectivity index (χ4v) is 3.17. The van der Waals surface area contributed by atoms with Crippen LogP contribution < -0.4 is 5.32 Å². The van der Waals surface area contributed by atoms with Crippen molar-refractivity contribution in [1.82, 2.24) is 10.2 Å². The van der Waals surface area contributed by atoms with Crippen LogP contribution in [0.5, 0.6) is 0 Å². The highest BCUT2D eigenvalue weighted by Gasteiger charge is 2.44. The van der Waals surface area contributed by atoms with Gasteiger partial charge in [0.25, 0.3) is 0 Å². The number of aliphatic hydroxyl groups excluding tert-OH is 1. The minimum absolute atomic E-state index is 0.0270. The molecule has 24 heavy (non-hydrogen) atoms. The summed E-state index contributed by atoms with van der Waals surface area (Å²) in [5.41, 5.74) is 2.07. The Labute approximate surface area is 142 Å². The summed E-state index contributed by atoms with van der Waals surface area (Å²) in [6.07, 6.45) is 0.711. The van der Waals surface area contributed by atoms with Crippen molar-refractivity contribution in [2.75, 3.05) is 33.4 Å². The lowest BCUT2D eigenvalue weighted by Gasteiger charge is -2.28. The molecule has 0 spiro atoms. The molecule has 2 atom stereocenters. The van der Waals surface area contributed by atoms with E-state index < -0.39 is 5.92 Å². The number of ether oxygens (including phenoxy) is 1. The largest absolute Gasteiger partial charge is 0.396 e. The first kappa shape index (κ1) is 18.4. The first-order valence-corrected chi connectivity index (χ1v) is 8.32. The smallest absolute Gasteiger partial charge is 0.226 e. The number of aryl methyl sites for hydroxylation is 1. The number of benzene rings is 1. The maximum Gasteiger partial charge on any atom is 0.226 e. The summed E-state index contributed by atoms with van der Waals surface area (Å²) in [4.78, 5) is 26.7. The number of rotatable bonds is 8. The first-order chi connectivity index (χ1) is 11.6. The average molecular weight is 334 g/mol. The van der Waals surface area contributed by atoms with Gasteiger partial charge in [0.05, 0.1) is 18.6 Å². The standard InChI is InChI=1S/C18H26N2O4/c1-13-5-3-6-14(11-13)17-15(18(23)19-7-4-9-21)12-16(22)20(17)8-10-24-2/h3,5-6,11,15,17,21H,4,7-10,12H2,1-2H3,(H,19,23)/t15-,17+/m1/s1. The minimum atomic E-state index is -0.421. The summed E-state index contributed by atoms with van der Waals surface area (Å²) in [5.74, 6) is -0.584. The Morgan fingerprint density at radius 1 is 1.46 bits per heavy atom. The Morgan fingerprint density at radius 3 is 2.92 bits per heavy atom. The number of likely N-dealkylation sites (tertiary alicyclic amines) is 1. The van der Waals surface area contributed by atoms with Crippen molar-refractivity contribution in [2.45, 2.75) is 25.8 Å². The molecule has 1 aliphatic rings. The topological polar surface area (TPSA) is 78.9 Å². The quantitative estimate of drug-likeness (QED) is 0.696. The van der Waals surface area contributed by atoms with Crippen LogP contribution in [0.2, 0.25) is 0 Å². The van der Waals surface area contributed by atoms with E-state index in [-0.39, 0.29) is 30.9 Å². The molecule has 1 aromatic rings. The van der Waals surface area contributed by atoms with E-state index in [0.29, 0.717) is 26.1 Å². The van der Waals surface area contributed by atoms with Gasteiger partial charge in [0.1, 0.15) is 0 Å². The van der Waals surface area contributed by atoms with Gasteiger partial charge >= 0.3 is 0 Å². The second kappa shape index (κ2) is 8.80. The van der Waals surface area contributed by atoms with Gasteiger partial charge in [0, 0.05) is 33.2 Å². The predicted octanol–water partition coefficient (Wildman–Crippen LogP) is 1.03. The molecule has 0 radical (unpaired) electrons. The lowest BCUT2D eigenvalue weighted by atomic mass is 9.92. The van der Waals surface area contributed by atoms with E-state index >= 15 is 0 Å². The van der Waals surface area contributed by atoms with Crippen molar-refractivity contribution in [1.29, 1.82) is 0 Å². The molecule has 0 bridgehead atoms. The van der Waals surface area contributed by atoms with Gasteiger partial charge in [-0.2, -0.15) is 0 Å². The van der Waals surface area contributed by atoms with Gasteiger partial charge in [-0.1, -0.05) is 29.8 Å². The van der Waals surface area contributed by atoms with Crippen LogP contribution in [0.4, 0.5) is 0 Å². The van der Waals surface area contributed by atoms with Gasteiger partial charge in [-0.3, -0.25) is 9.59 Å². The third-order valence-electron chi connectivity index (χ3n) is 4.32. The maximum atomic E-state index is 12.6. The Balaban J connectivity index is 2.24. The van der Waals surface area contributed by atoms with Gasteiger partial charge < -0.3 is 20.1 Å². The predicted molar refractivity (Wildman–Crippen MR) is 90.3 cm³/mol. The summed E-state index contributed by atoms with van der Waals surface area (Å²) in [6, 6.07) is 7.65. The van der Waals surface area contributed by atoms with Gasteiger partial charge in [-0.15, -0.1) is 0 Å². The highest BCUT2D eigenvalue weighted by atomic mass is 16.5. The van der Waals surface area contributed by atoms with E-state index in [1.807, 2.05) is 31.2 Å². The number of hydrogen-bond acceptors (Lipinski definition) is 4. The zero-order chi connectivity index (χ0) is 17.5. The molecule has 1 saturated heterocycles. The molecule has 1 aliphatic heterocycles. The van der Waals surface area contributed by atoms with Gasteiger partial charge in [-0.25, -0.2) is 0 Å². The van der Waals surface area contributed by atoms with E-state index in [1.54, 1.807) is 12.0 Å². The Hall–Kier alpha value is -1.92. The molecule has 2 rings (SSSR count). The molecule has 0 unspecified atom stereocenters. The first-order valence-electron chi connectivity index (χ1n) is 8.32. The van der Waals surface area contributed by atoms with Crippen molar-refractivity contribution in [2.24, 2.45) is 5.92 Å². The molecule has 1 fully saturated rings. The molecule has 1 aromatic carbocycles. The summed E-state index contributed by atoms with van der Waals surface area (Å²) in [6.45, 7) is 3.35. The number of carbonyl (C=O) groups is 2. The second-order valence-electron chi connectivity index (χ2n) is 6.12. The molecular formula is C18H26N2O4. The van der Waals surface area contributed by atoms with Crippen molar-refractivity contribution in [3.63, 3.8) is 0 Å². The van der Waals surface area contributed by atoms with Crippen molar-refractivity contribution < 1.29 is 19.4 Å². The number of carbonyl (C=O) groups excluding carboxylic acids is 2. The van der Waals surface area contributed by atoms with E-state index in [2.05, 4.69) is 5.32 Å². The van der Waals surface area contributed by atoms with E-state index in [4.69, 9.17) is 9.84 Å².